The van der Waals surface area contributed by atoms with E-state index in [0.29, 0.717) is 24.1 Å². The zero-order valence-corrected chi connectivity index (χ0v) is 11.9. The summed E-state index contributed by atoms with van der Waals surface area (Å²) in [5.41, 5.74) is 0.729. The van der Waals surface area contributed by atoms with E-state index in [0.717, 1.165) is 5.69 Å². The van der Waals surface area contributed by atoms with E-state index in [1.54, 1.807) is 6.20 Å². The molecule has 0 bridgehead atoms. The monoisotopic (exact) mass is 284 g/mol. The van der Waals surface area contributed by atoms with Crippen LogP contribution in [0.4, 0.5) is 10.7 Å². The van der Waals surface area contributed by atoms with Crippen molar-refractivity contribution in [2.45, 2.75) is 32.9 Å². The third kappa shape index (κ3) is 2.73. The Hall–Kier alpha value is -1.56. The summed E-state index contributed by atoms with van der Waals surface area (Å²) in [4.78, 5) is 23.2. The number of halogens is 1. The van der Waals surface area contributed by atoms with Gasteiger partial charge in [0.2, 0.25) is 5.95 Å². The van der Waals surface area contributed by atoms with Crippen LogP contribution in [0.25, 0.3) is 0 Å². The van der Waals surface area contributed by atoms with Crippen LogP contribution in [-0.4, -0.2) is 51.2 Å². The fourth-order valence-electron chi connectivity index (χ4n) is 2.46. The molecule has 1 fully saturated rings. The highest BCUT2D eigenvalue weighted by atomic mass is 35.5. The summed E-state index contributed by atoms with van der Waals surface area (Å²) in [6.45, 7) is 6.77. The van der Waals surface area contributed by atoms with E-state index in [1.165, 1.54) is 4.90 Å². The Labute approximate surface area is 117 Å². The summed E-state index contributed by atoms with van der Waals surface area (Å²) in [7, 11) is 0. The maximum Gasteiger partial charge on any atom is 0.407 e. The molecule has 2 rings (SSSR count). The molecule has 1 aliphatic heterocycles. The van der Waals surface area contributed by atoms with Gasteiger partial charge < -0.3 is 10.0 Å². The molecule has 1 aliphatic rings. The number of aryl methyl sites for hydroxylation is 1. The minimum atomic E-state index is -0.882. The maximum absolute atomic E-state index is 11.2. The van der Waals surface area contributed by atoms with Crippen LogP contribution in [0.2, 0.25) is 5.02 Å². The molecule has 7 heteroatoms. The number of amides is 1. The number of aromatic nitrogens is 2. The van der Waals surface area contributed by atoms with Gasteiger partial charge in [-0.25, -0.2) is 14.8 Å². The van der Waals surface area contributed by atoms with Crippen molar-refractivity contribution in [3.63, 3.8) is 0 Å². The second kappa shape index (κ2) is 5.21. The summed E-state index contributed by atoms with van der Waals surface area (Å²) >= 11 is 5.91. The molecule has 6 nitrogen and oxygen atoms in total. The van der Waals surface area contributed by atoms with Crippen molar-refractivity contribution in [1.29, 1.82) is 0 Å². The Morgan fingerprint density at radius 1 is 1.42 bits per heavy atom. The summed E-state index contributed by atoms with van der Waals surface area (Å²) < 4.78 is 0. The number of piperazine rings is 1. The summed E-state index contributed by atoms with van der Waals surface area (Å²) in [5.74, 6) is 0.602. The molecule has 1 aromatic rings. The lowest BCUT2D eigenvalue weighted by Gasteiger charge is -2.42. The van der Waals surface area contributed by atoms with E-state index in [2.05, 4.69) is 9.97 Å². The van der Waals surface area contributed by atoms with Crippen molar-refractivity contribution in [3.8, 4) is 0 Å². The van der Waals surface area contributed by atoms with Crippen molar-refractivity contribution in [2.24, 2.45) is 0 Å². The lowest BCUT2D eigenvalue weighted by Crippen LogP contribution is -2.58. The van der Waals surface area contributed by atoms with E-state index in [4.69, 9.17) is 11.6 Å². The van der Waals surface area contributed by atoms with Crippen molar-refractivity contribution >= 4 is 23.6 Å². The normalized spacial score (nSPS) is 23.6. The molecule has 0 saturated carbocycles. The number of rotatable bonds is 1. The molecule has 19 heavy (non-hydrogen) atoms. The number of anilines is 1. The van der Waals surface area contributed by atoms with E-state index in [1.807, 2.05) is 25.7 Å². The van der Waals surface area contributed by atoms with Gasteiger partial charge in [-0.3, -0.25) is 4.90 Å². The average molecular weight is 285 g/mol. The van der Waals surface area contributed by atoms with E-state index < -0.39 is 6.09 Å². The van der Waals surface area contributed by atoms with Gasteiger partial charge >= 0.3 is 6.09 Å². The molecule has 2 atom stereocenters. The van der Waals surface area contributed by atoms with E-state index >= 15 is 0 Å². The lowest BCUT2D eigenvalue weighted by atomic mass is 10.1. The van der Waals surface area contributed by atoms with Gasteiger partial charge in [0.05, 0.1) is 29.0 Å². The number of carbonyl (C=O) groups is 1. The molecule has 104 valence electrons. The molecule has 0 aromatic carbocycles. The van der Waals surface area contributed by atoms with Crippen LogP contribution in [0.1, 0.15) is 19.5 Å². The van der Waals surface area contributed by atoms with Gasteiger partial charge in [0.25, 0.3) is 0 Å². The average Bonchev–Trinajstić information content (AvgIpc) is 2.31. The fraction of sp³-hybridized carbons (Fsp3) is 0.583. The summed E-state index contributed by atoms with van der Waals surface area (Å²) in [6.07, 6.45) is 0.700. The number of nitrogens with zero attached hydrogens (tertiary/aromatic N) is 4. The Balaban J connectivity index is 2.20. The highest BCUT2D eigenvalue weighted by Crippen LogP contribution is 2.21. The third-order valence-electron chi connectivity index (χ3n) is 3.33. The second-order valence-corrected chi connectivity index (χ2v) is 5.30. The first-order valence-electron chi connectivity index (χ1n) is 6.15. The number of hydrogen-bond donors (Lipinski definition) is 1. The van der Waals surface area contributed by atoms with Gasteiger partial charge in [0.15, 0.2) is 0 Å². The van der Waals surface area contributed by atoms with Crippen molar-refractivity contribution < 1.29 is 9.90 Å². The van der Waals surface area contributed by atoms with Gasteiger partial charge in [0.1, 0.15) is 0 Å². The quantitative estimate of drug-likeness (QED) is 0.854. The molecule has 0 aliphatic carbocycles. The first kappa shape index (κ1) is 13.9. The van der Waals surface area contributed by atoms with Crippen LogP contribution < -0.4 is 4.90 Å². The topological polar surface area (TPSA) is 69.6 Å². The van der Waals surface area contributed by atoms with Crippen LogP contribution in [0.3, 0.4) is 0 Å². The fourth-order valence-corrected chi connectivity index (χ4v) is 2.55. The molecule has 0 unspecified atom stereocenters. The van der Waals surface area contributed by atoms with Crippen LogP contribution in [-0.2, 0) is 0 Å². The lowest BCUT2D eigenvalue weighted by molar-refractivity contribution is 0.0979. The van der Waals surface area contributed by atoms with Gasteiger partial charge in [-0.2, -0.15) is 0 Å². The molecule has 1 aromatic heterocycles. The SMILES string of the molecule is Cc1nc(N2C[C@@H](C)N(C(=O)O)[C@@H](C)C2)ncc1Cl. The predicted octanol–water partition coefficient (Wildman–Crippen LogP) is 2.02. The molecular formula is C12H17ClN4O2. The Morgan fingerprint density at radius 2 is 2.00 bits per heavy atom. The molecule has 0 spiro atoms. The summed E-state index contributed by atoms with van der Waals surface area (Å²) in [5, 5.41) is 9.71. The van der Waals surface area contributed by atoms with Crippen molar-refractivity contribution in [3.05, 3.63) is 16.9 Å². The maximum atomic E-state index is 11.2. The minimum absolute atomic E-state index is 0.0964. The van der Waals surface area contributed by atoms with Gasteiger partial charge in [-0.05, 0) is 20.8 Å². The first-order chi connectivity index (χ1) is 8.90. The van der Waals surface area contributed by atoms with Crippen LogP contribution >= 0.6 is 11.6 Å². The number of hydrogen-bond acceptors (Lipinski definition) is 4. The van der Waals surface area contributed by atoms with Gasteiger partial charge in [-0.1, -0.05) is 11.6 Å². The second-order valence-electron chi connectivity index (χ2n) is 4.90. The first-order valence-corrected chi connectivity index (χ1v) is 6.53. The zero-order chi connectivity index (χ0) is 14.2. The van der Waals surface area contributed by atoms with Crippen molar-refractivity contribution in [2.75, 3.05) is 18.0 Å². The van der Waals surface area contributed by atoms with Crippen LogP contribution in [0, 0.1) is 6.92 Å². The zero-order valence-electron chi connectivity index (χ0n) is 11.2. The van der Waals surface area contributed by atoms with Crippen LogP contribution in [0.5, 0.6) is 0 Å². The Kier molecular flexibility index (Phi) is 3.80. The van der Waals surface area contributed by atoms with Crippen LogP contribution in [0.15, 0.2) is 6.20 Å². The molecule has 1 saturated heterocycles. The molecule has 1 N–H and O–H groups in total. The van der Waals surface area contributed by atoms with E-state index in [9.17, 15) is 9.90 Å². The highest BCUT2D eigenvalue weighted by Gasteiger charge is 2.33. The minimum Gasteiger partial charge on any atom is -0.465 e. The largest absolute Gasteiger partial charge is 0.465 e. The van der Waals surface area contributed by atoms with Gasteiger partial charge in [0, 0.05) is 13.1 Å². The Morgan fingerprint density at radius 3 is 2.47 bits per heavy atom. The Bertz CT molecular complexity index is 485. The summed E-state index contributed by atoms with van der Waals surface area (Å²) in [6, 6.07) is -0.193. The predicted molar refractivity (Wildman–Crippen MR) is 72.8 cm³/mol. The highest BCUT2D eigenvalue weighted by molar-refractivity contribution is 6.31. The number of carboxylic acid groups (broad SMARTS) is 1. The molecule has 1 amide bonds. The standard InChI is InChI=1S/C12H17ClN4O2/c1-7-5-16(6-8(2)17(7)12(18)19)11-14-4-10(13)9(3)15-11/h4,7-8H,5-6H2,1-3H3,(H,18,19)/t7-,8+. The van der Waals surface area contributed by atoms with Crippen molar-refractivity contribution in [1.82, 2.24) is 14.9 Å². The van der Waals surface area contributed by atoms with E-state index in [-0.39, 0.29) is 12.1 Å². The smallest absolute Gasteiger partial charge is 0.407 e. The molecule has 2 heterocycles. The molecular weight excluding hydrogens is 268 g/mol. The molecule has 0 radical (unpaired) electrons. The third-order valence-corrected chi connectivity index (χ3v) is 3.70. The van der Waals surface area contributed by atoms with Gasteiger partial charge in [-0.15, -0.1) is 0 Å².